The SMILES string of the molecule is NC(=O)Oc1cnn(-c2cc(Cl)ccc2Cl)c1N. The number of anilines is 1. The zero-order valence-electron chi connectivity index (χ0n) is 8.93. The Morgan fingerprint density at radius 3 is 2.78 bits per heavy atom. The van der Waals surface area contributed by atoms with Crippen molar-refractivity contribution in [1.82, 2.24) is 9.78 Å². The minimum atomic E-state index is -0.974. The quantitative estimate of drug-likeness (QED) is 0.885. The van der Waals surface area contributed by atoms with Gasteiger partial charge in [0.25, 0.3) is 0 Å². The highest BCUT2D eigenvalue weighted by Gasteiger charge is 2.14. The molecule has 0 radical (unpaired) electrons. The number of nitrogen functional groups attached to an aromatic ring is 1. The van der Waals surface area contributed by atoms with Gasteiger partial charge in [0.15, 0.2) is 11.6 Å². The molecule has 1 aromatic carbocycles. The first-order valence-corrected chi connectivity index (χ1v) is 5.51. The standard InChI is InChI=1S/C10H8Cl2N4O2/c11-5-1-2-6(12)7(3-5)16-9(13)8(4-15-16)18-10(14)17/h1-4H,13H2,(H2,14,17). The van der Waals surface area contributed by atoms with Gasteiger partial charge in [0.2, 0.25) is 0 Å². The normalized spacial score (nSPS) is 10.3. The van der Waals surface area contributed by atoms with E-state index in [1.165, 1.54) is 10.9 Å². The van der Waals surface area contributed by atoms with E-state index in [1.807, 2.05) is 0 Å². The molecule has 4 N–H and O–H groups in total. The molecule has 0 aliphatic heterocycles. The van der Waals surface area contributed by atoms with Crippen LogP contribution in [0.4, 0.5) is 10.6 Å². The zero-order valence-corrected chi connectivity index (χ0v) is 10.4. The third kappa shape index (κ3) is 2.34. The van der Waals surface area contributed by atoms with Gasteiger partial charge in [0.05, 0.1) is 16.9 Å². The molecule has 0 fully saturated rings. The van der Waals surface area contributed by atoms with Crippen LogP contribution in [-0.4, -0.2) is 15.9 Å². The zero-order chi connectivity index (χ0) is 13.3. The molecule has 18 heavy (non-hydrogen) atoms. The second-order valence-corrected chi connectivity index (χ2v) is 4.17. The number of hydrogen-bond acceptors (Lipinski definition) is 4. The molecule has 2 aromatic rings. The Morgan fingerprint density at radius 2 is 2.11 bits per heavy atom. The fourth-order valence-electron chi connectivity index (χ4n) is 1.37. The van der Waals surface area contributed by atoms with Crippen molar-refractivity contribution in [3.63, 3.8) is 0 Å². The minimum absolute atomic E-state index is 0.0542. The molecule has 1 amide bonds. The van der Waals surface area contributed by atoms with Crippen molar-refractivity contribution < 1.29 is 9.53 Å². The molecule has 0 saturated heterocycles. The van der Waals surface area contributed by atoms with Crippen LogP contribution in [-0.2, 0) is 0 Å². The monoisotopic (exact) mass is 286 g/mol. The molecule has 1 heterocycles. The molecule has 0 unspecified atom stereocenters. The number of ether oxygens (including phenoxy) is 1. The summed E-state index contributed by atoms with van der Waals surface area (Å²) >= 11 is 11.9. The lowest BCUT2D eigenvalue weighted by molar-refractivity contribution is 0.211. The summed E-state index contributed by atoms with van der Waals surface area (Å²) in [5.74, 6) is 0.150. The van der Waals surface area contributed by atoms with Gasteiger partial charge < -0.3 is 16.2 Å². The average Bonchev–Trinajstić information content (AvgIpc) is 2.64. The number of nitrogens with two attached hydrogens (primary N) is 2. The molecule has 0 aliphatic rings. The molecule has 1 aromatic heterocycles. The molecular weight excluding hydrogens is 279 g/mol. The highest BCUT2D eigenvalue weighted by atomic mass is 35.5. The van der Waals surface area contributed by atoms with E-state index in [0.29, 0.717) is 15.7 Å². The Labute approximate surface area is 112 Å². The first-order chi connectivity index (χ1) is 8.49. The van der Waals surface area contributed by atoms with Crippen molar-refractivity contribution in [1.29, 1.82) is 0 Å². The van der Waals surface area contributed by atoms with E-state index in [2.05, 4.69) is 9.84 Å². The van der Waals surface area contributed by atoms with Gasteiger partial charge >= 0.3 is 6.09 Å². The van der Waals surface area contributed by atoms with E-state index in [0.717, 1.165) is 0 Å². The van der Waals surface area contributed by atoms with Crippen LogP contribution in [0.5, 0.6) is 5.75 Å². The van der Waals surface area contributed by atoms with Crippen molar-refractivity contribution in [3.8, 4) is 11.4 Å². The van der Waals surface area contributed by atoms with E-state index in [4.69, 9.17) is 34.7 Å². The fraction of sp³-hybridized carbons (Fsp3) is 0. The molecule has 0 spiro atoms. The van der Waals surface area contributed by atoms with Gasteiger partial charge in [-0.2, -0.15) is 5.10 Å². The predicted octanol–water partition coefficient (Wildman–Crippen LogP) is 2.22. The third-order valence-electron chi connectivity index (χ3n) is 2.12. The van der Waals surface area contributed by atoms with E-state index in [9.17, 15) is 4.79 Å². The highest BCUT2D eigenvalue weighted by molar-refractivity contribution is 6.34. The van der Waals surface area contributed by atoms with Crippen molar-refractivity contribution in [2.45, 2.75) is 0 Å². The number of nitrogens with zero attached hydrogens (tertiary/aromatic N) is 2. The smallest absolute Gasteiger partial charge is 0.405 e. The maximum absolute atomic E-state index is 10.6. The van der Waals surface area contributed by atoms with Crippen LogP contribution in [0.3, 0.4) is 0 Å². The van der Waals surface area contributed by atoms with Crippen molar-refractivity contribution in [3.05, 3.63) is 34.4 Å². The average molecular weight is 287 g/mol. The second-order valence-electron chi connectivity index (χ2n) is 3.32. The van der Waals surface area contributed by atoms with Crippen LogP contribution >= 0.6 is 23.2 Å². The Kier molecular flexibility index (Phi) is 3.31. The minimum Gasteiger partial charge on any atom is -0.405 e. The number of carbonyl (C=O) groups excluding carboxylic acids is 1. The number of primary amides is 1. The van der Waals surface area contributed by atoms with Gasteiger partial charge in [-0.25, -0.2) is 9.48 Å². The van der Waals surface area contributed by atoms with Gasteiger partial charge in [0, 0.05) is 5.02 Å². The summed E-state index contributed by atoms with van der Waals surface area (Å²) in [4.78, 5) is 10.6. The van der Waals surface area contributed by atoms with Gasteiger partial charge in [-0.1, -0.05) is 23.2 Å². The van der Waals surface area contributed by atoms with E-state index in [1.54, 1.807) is 18.2 Å². The number of amides is 1. The van der Waals surface area contributed by atoms with Crippen LogP contribution in [0.1, 0.15) is 0 Å². The molecule has 8 heteroatoms. The molecule has 0 bridgehead atoms. The lowest BCUT2D eigenvalue weighted by Gasteiger charge is -2.07. The molecule has 0 saturated carbocycles. The molecular formula is C10H8Cl2N4O2. The number of hydrogen-bond donors (Lipinski definition) is 2. The van der Waals surface area contributed by atoms with E-state index in [-0.39, 0.29) is 11.6 Å². The summed E-state index contributed by atoms with van der Waals surface area (Å²) in [6.07, 6.45) is 0.288. The molecule has 2 rings (SSSR count). The van der Waals surface area contributed by atoms with E-state index < -0.39 is 6.09 Å². The van der Waals surface area contributed by atoms with Gasteiger partial charge in [-0.3, -0.25) is 0 Å². The summed E-state index contributed by atoms with van der Waals surface area (Å²) < 4.78 is 5.97. The molecule has 0 atom stereocenters. The number of halogens is 2. The Morgan fingerprint density at radius 1 is 1.39 bits per heavy atom. The van der Waals surface area contributed by atoms with Crippen LogP contribution in [0.15, 0.2) is 24.4 Å². The predicted molar refractivity (Wildman–Crippen MR) is 68.2 cm³/mol. The molecule has 94 valence electrons. The molecule has 0 aliphatic carbocycles. The first kappa shape index (κ1) is 12.5. The van der Waals surface area contributed by atoms with Crippen LogP contribution < -0.4 is 16.2 Å². The maximum atomic E-state index is 10.6. The number of rotatable bonds is 2. The Bertz CT molecular complexity index is 612. The lowest BCUT2D eigenvalue weighted by Crippen LogP contribution is -2.16. The van der Waals surface area contributed by atoms with Crippen molar-refractivity contribution >= 4 is 35.1 Å². The van der Waals surface area contributed by atoms with Crippen LogP contribution in [0.25, 0.3) is 5.69 Å². The topological polar surface area (TPSA) is 96.2 Å². The maximum Gasteiger partial charge on any atom is 0.410 e. The van der Waals surface area contributed by atoms with Crippen LogP contribution in [0.2, 0.25) is 10.0 Å². The first-order valence-electron chi connectivity index (χ1n) is 4.75. The highest BCUT2D eigenvalue weighted by Crippen LogP contribution is 2.29. The van der Waals surface area contributed by atoms with Crippen molar-refractivity contribution in [2.24, 2.45) is 5.73 Å². The number of carbonyl (C=O) groups is 1. The molecule has 6 nitrogen and oxygen atoms in total. The summed E-state index contributed by atoms with van der Waals surface area (Å²) in [7, 11) is 0. The number of aromatic nitrogens is 2. The van der Waals surface area contributed by atoms with E-state index >= 15 is 0 Å². The largest absolute Gasteiger partial charge is 0.410 e. The summed E-state index contributed by atoms with van der Waals surface area (Å²) in [5, 5.41) is 4.83. The number of benzene rings is 1. The van der Waals surface area contributed by atoms with Crippen LogP contribution in [0, 0.1) is 0 Å². The van der Waals surface area contributed by atoms with Gasteiger partial charge in [-0.15, -0.1) is 0 Å². The summed E-state index contributed by atoms with van der Waals surface area (Å²) in [5.41, 5.74) is 11.1. The third-order valence-corrected chi connectivity index (χ3v) is 2.67. The Balaban J connectivity index is 2.48. The Hall–Kier alpha value is -1.92. The summed E-state index contributed by atoms with van der Waals surface area (Å²) in [6, 6.07) is 4.82. The van der Waals surface area contributed by atoms with Crippen molar-refractivity contribution in [2.75, 3.05) is 5.73 Å². The summed E-state index contributed by atoms with van der Waals surface area (Å²) in [6.45, 7) is 0. The second kappa shape index (κ2) is 4.75. The van der Waals surface area contributed by atoms with Gasteiger partial charge in [-0.05, 0) is 18.2 Å². The fourth-order valence-corrected chi connectivity index (χ4v) is 1.73. The lowest BCUT2D eigenvalue weighted by atomic mass is 10.3. The van der Waals surface area contributed by atoms with Gasteiger partial charge in [0.1, 0.15) is 0 Å².